The SMILES string of the molecule is C[C@H]1CCc2c(sc3c2C(=O)N[C@@H](c2cccc([N+](=O)[O-])c2)N3)C1. The van der Waals surface area contributed by atoms with Gasteiger partial charge in [0.2, 0.25) is 0 Å². The quantitative estimate of drug-likeness (QED) is 0.644. The van der Waals surface area contributed by atoms with Gasteiger partial charge in [0.1, 0.15) is 11.2 Å². The summed E-state index contributed by atoms with van der Waals surface area (Å²) < 4.78 is 0. The third-order valence-electron chi connectivity index (χ3n) is 4.70. The Morgan fingerprint density at radius 2 is 2.17 bits per heavy atom. The number of non-ortho nitro benzene ring substituents is 1. The van der Waals surface area contributed by atoms with Gasteiger partial charge in [-0.3, -0.25) is 14.9 Å². The lowest BCUT2D eigenvalue weighted by Gasteiger charge is -2.27. The van der Waals surface area contributed by atoms with Crippen LogP contribution < -0.4 is 10.6 Å². The number of thiophene rings is 1. The third kappa shape index (κ3) is 2.45. The number of hydrogen-bond donors (Lipinski definition) is 2. The van der Waals surface area contributed by atoms with Crippen molar-refractivity contribution in [2.45, 2.75) is 32.4 Å². The normalized spacial score (nSPS) is 22.1. The molecule has 0 saturated heterocycles. The molecule has 6 nitrogen and oxygen atoms in total. The number of nitrogens with one attached hydrogen (secondary N) is 2. The van der Waals surface area contributed by atoms with Crippen molar-refractivity contribution in [3.8, 4) is 0 Å². The van der Waals surface area contributed by atoms with Crippen LogP contribution in [0.2, 0.25) is 0 Å². The molecule has 2 aromatic rings. The lowest BCUT2D eigenvalue weighted by atomic mass is 9.88. The van der Waals surface area contributed by atoms with E-state index in [0.717, 1.165) is 29.8 Å². The van der Waals surface area contributed by atoms with E-state index >= 15 is 0 Å². The Bertz CT molecular complexity index is 846. The standard InChI is InChI=1S/C17H17N3O3S/c1-9-5-6-12-13(7-9)24-17-14(12)16(21)18-15(19-17)10-3-2-4-11(8-10)20(22)23/h2-4,8-9,15,19H,5-7H2,1H3,(H,18,21)/t9-,15+/m0/s1. The zero-order chi connectivity index (χ0) is 16.8. The van der Waals surface area contributed by atoms with E-state index in [4.69, 9.17) is 0 Å². The van der Waals surface area contributed by atoms with Gasteiger partial charge in [-0.15, -0.1) is 11.3 Å². The summed E-state index contributed by atoms with van der Waals surface area (Å²) in [7, 11) is 0. The number of carbonyl (C=O) groups is 1. The van der Waals surface area contributed by atoms with E-state index in [-0.39, 0.29) is 11.6 Å². The molecule has 1 amide bonds. The molecule has 4 rings (SSSR count). The van der Waals surface area contributed by atoms with Crippen LogP contribution >= 0.6 is 11.3 Å². The van der Waals surface area contributed by atoms with Crippen molar-refractivity contribution in [1.82, 2.24) is 5.32 Å². The number of carbonyl (C=O) groups excluding carboxylic acids is 1. The summed E-state index contributed by atoms with van der Waals surface area (Å²) in [4.78, 5) is 24.5. The number of amides is 1. The van der Waals surface area contributed by atoms with Crippen molar-refractivity contribution < 1.29 is 9.72 Å². The van der Waals surface area contributed by atoms with Crippen LogP contribution in [-0.4, -0.2) is 10.8 Å². The Labute approximate surface area is 143 Å². The monoisotopic (exact) mass is 343 g/mol. The first-order chi connectivity index (χ1) is 11.5. The zero-order valence-electron chi connectivity index (χ0n) is 13.2. The first kappa shape index (κ1) is 15.1. The minimum atomic E-state index is -0.442. The molecule has 0 bridgehead atoms. The molecule has 2 atom stereocenters. The number of fused-ring (bicyclic) bond motifs is 3. The highest BCUT2D eigenvalue weighted by molar-refractivity contribution is 7.16. The van der Waals surface area contributed by atoms with E-state index in [1.807, 2.05) is 0 Å². The maximum atomic E-state index is 12.6. The molecular weight excluding hydrogens is 326 g/mol. The fourth-order valence-electron chi connectivity index (χ4n) is 3.45. The molecule has 2 heterocycles. The summed E-state index contributed by atoms with van der Waals surface area (Å²) in [6, 6.07) is 6.37. The molecule has 0 fully saturated rings. The van der Waals surface area contributed by atoms with Crippen molar-refractivity contribution in [3.63, 3.8) is 0 Å². The average molecular weight is 343 g/mol. The molecule has 0 spiro atoms. The maximum absolute atomic E-state index is 12.6. The molecule has 2 aliphatic rings. The minimum absolute atomic E-state index is 0.0219. The Balaban J connectivity index is 1.68. The van der Waals surface area contributed by atoms with E-state index in [0.29, 0.717) is 11.5 Å². The van der Waals surface area contributed by atoms with E-state index in [1.54, 1.807) is 23.5 Å². The molecule has 0 unspecified atom stereocenters. The smallest absolute Gasteiger partial charge is 0.269 e. The fourth-order valence-corrected chi connectivity index (χ4v) is 4.88. The summed E-state index contributed by atoms with van der Waals surface area (Å²) in [5, 5.41) is 18.1. The minimum Gasteiger partial charge on any atom is -0.353 e. The summed E-state index contributed by atoms with van der Waals surface area (Å²) >= 11 is 1.65. The highest BCUT2D eigenvalue weighted by atomic mass is 32.1. The van der Waals surface area contributed by atoms with Gasteiger partial charge < -0.3 is 10.6 Å². The largest absolute Gasteiger partial charge is 0.353 e. The van der Waals surface area contributed by atoms with E-state index in [9.17, 15) is 14.9 Å². The molecule has 24 heavy (non-hydrogen) atoms. The number of nitro groups is 1. The molecule has 1 aliphatic heterocycles. The van der Waals surface area contributed by atoms with E-state index in [1.165, 1.54) is 22.6 Å². The molecule has 124 valence electrons. The van der Waals surface area contributed by atoms with E-state index < -0.39 is 11.1 Å². The maximum Gasteiger partial charge on any atom is 0.269 e. The van der Waals surface area contributed by atoms with Gasteiger partial charge in [-0.25, -0.2) is 0 Å². The summed E-state index contributed by atoms with van der Waals surface area (Å²) in [5.41, 5.74) is 2.65. The highest BCUT2D eigenvalue weighted by Gasteiger charge is 2.33. The topological polar surface area (TPSA) is 84.3 Å². The molecule has 1 aliphatic carbocycles. The van der Waals surface area contributed by atoms with Crippen molar-refractivity contribution >= 4 is 27.9 Å². The predicted octanol–water partition coefficient (Wildman–Crippen LogP) is 3.64. The number of nitro benzene ring substituents is 1. The first-order valence-electron chi connectivity index (χ1n) is 7.99. The van der Waals surface area contributed by atoms with Gasteiger partial charge >= 0.3 is 0 Å². The van der Waals surface area contributed by atoms with Gasteiger partial charge in [-0.2, -0.15) is 0 Å². The van der Waals surface area contributed by atoms with Gasteiger partial charge in [0.25, 0.3) is 11.6 Å². The second-order valence-electron chi connectivity index (χ2n) is 6.46. The Kier molecular flexibility index (Phi) is 3.53. The van der Waals surface area contributed by atoms with Gasteiger partial charge in [0.15, 0.2) is 0 Å². The van der Waals surface area contributed by atoms with E-state index in [2.05, 4.69) is 17.6 Å². The van der Waals surface area contributed by atoms with Gasteiger partial charge in [0, 0.05) is 22.6 Å². The fraction of sp³-hybridized carbons (Fsp3) is 0.353. The van der Waals surface area contributed by atoms with Crippen LogP contribution in [0.15, 0.2) is 24.3 Å². The number of rotatable bonds is 2. The van der Waals surface area contributed by atoms with Crippen LogP contribution in [0.25, 0.3) is 0 Å². The second-order valence-corrected chi connectivity index (χ2v) is 7.56. The van der Waals surface area contributed by atoms with Crippen molar-refractivity contribution in [2.24, 2.45) is 5.92 Å². The van der Waals surface area contributed by atoms with Crippen molar-refractivity contribution in [2.75, 3.05) is 5.32 Å². The van der Waals surface area contributed by atoms with Gasteiger partial charge in [-0.1, -0.05) is 19.1 Å². The molecule has 1 aromatic heterocycles. The molecule has 0 saturated carbocycles. The number of hydrogen-bond acceptors (Lipinski definition) is 5. The lowest BCUT2D eigenvalue weighted by molar-refractivity contribution is -0.384. The lowest BCUT2D eigenvalue weighted by Crippen LogP contribution is -2.38. The Hall–Kier alpha value is -2.41. The van der Waals surface area contributed by atoms with Crippen LogP contribution in [0.5, 0.6) is 0 Å². The molecular formula is C17H17N3O3S. The molecule has 7 heteroatoms. The van der Waals surface area contributed by atoms with Gasteiger partial charge in [-0.05, 0) is 30.7 Å². The molecule has 2 N–H and O–H groups in total. The van der Waals surface area contributed by atoms with Crippen LogP contribution in [0.1, 0.15) is 45.9 Å². The second kappa shape index (κ2) is 5.59. The Morgan fingerprint density at radius 3 is 2.96 bits per heavy atom. The zero-order valence-corrected chi connectivity index (χ0v) is 14.0. The highest BCUT2D eigenvalue weighted by Crippen LogP contribution is 2.42. The van der Waals surface area contributed by atoms with Crippen LogP contribution in [0.4, 0.5) is 10.7 Å². The average Bonchev–Trinajstić information content (AvgIpc) is 2.92. The number of benzene rings is 1. The van der Waals surface area contributed by atoms with Crippen LogP contribution in [-0.2, 0) is 12.8 Å². The predicted molar refractivity (Wildman–Crippen MR) is 92.4 cm³/mol. The first-order valence-corrected chi connectivity index (χ1v) is 8.81. The number of nitrogens with zero attached hydrogens (tertiary/aromatic N) is 1. The summed E-state index contributed by atoms with van der Waals surface area (Å²) in [6.45, 7) is 2.24. The van der Waals surface area contributed by atoms with Crippen molar-refractivity contribution in [3.05, 3.63) is 55.9 Å². The van der Waals surface area contributed by atoms with Gasteiger partial charge in [0.05, 0.1) is 10.5 Å². The Morgan fingerprint density at radius 1 is 1.33 bits per heavy atom. The molecule has 0 radical (unpaired) electrons. The van der Waals surface area contributed by atoms with Crippen LogP contribution in [0, 0.1) is 16.0 Å². The summed E-state index contributed by atoms with van der Waals surface area (Å²) in [5.74, 6) is 0.556. The van der Waals surface area contributed by atoms with Crippen molar-refractivity contribution in [1.29, 1.82) is 0 Å². The summed E-state index contributed by atoms with van der Waals surface area (Å²) in [6.07, 6.45) is 2.63. The third-order valence-corrected chi connectivity index (χ3v) is 5.89. The van der Waals surface area contributed by atoms with Crippen LogP contribution in [0.3, 0.4) is 0 Å². The molecule has 1 aromatic carbocycles. The number of anilines is 1.